The minimum atomic E-state index is -3.07. The lowest BCUT2D eigenvalue weighted by Gasteiger charge is -2.37. The number of carbonyl (C=O) groups is 4. The molecule has 51 heavy (non-hydrogen) atoms. The molecule has 5 aliphatic rings. The second-order valence-electron chi connectivity index (χ2n) is 15.2. The van der Waals surface area contributed by atoms with Crippen molar-refractivity contribution in [3.63, 3.8) is 0 Å². The molecule has 0 aromatic heterocycles. The Morgan fingerprint density at radius 3 is 2.24 bits per heavy atom. The van der Waals surface area contributed by atoms with Gasteiger partial charge >= 0.3 is 0 Å². The van der Waals surface area contributed by atoms with Crippen LogP contribution in [0.2, 0.25) is 18.6 Å². The number of fused-ring (bicyclic) bond motifs is 3. The average Bonchev–Trinajstić information content (AvgIpc) is 3.52. The second-order valence-corrected chi connectivity index (χ2v) is 19.2. The van der Waals surface area contributed by atoms with E-state index in [0.717, 1.165) is 22.4 Å². The van der Waals surface area contributed by atoms with Crippen LogP contribution in [0.5, 0.6) is 0 Å². The minimum Gasteiger partial charge on any atom is -0.432 e. The Labute approximate surface area is 298 Å². The fraction of sp³-hybridized carbons (Fsp3) is 0.436. The van der Waals surface area contributed by atoms with Crippen LogP contribution >= 0.6 is 0 Å². The first-order chi connectivity index (χ1) is 24.4. The first-order valence-corrected chi connectivity index (χ1v) is 21.0. The van der Waals surface area contributed by atoms with E-state index in [2.05, 4.69) is 0 Å². The molecule has 8 rings (SSSR count). The second kappa shape index (κ2) is 12.4. The number of hydrogen-bond donors (Lipinski definition) is 2. The summed E-state index contributed by atoms with van der Waals surface area (Å²) < 4.78 is 7.00. The summed E-state index contributed by atoms with van der Waals surface area (Å²) in [7, 11) is -3.07. The van der Waals surface area contributed by atoms with Crippen LogP contribution in [0.25, 0.3) is 0 Å². The lowest BCUT2D eigenvalue weighted by atomic mass is 9.82. The van der Waals surface area contributed by atoms with Gasteiger partial charge in [0.2, 0.25) is 17.7 Å². The van der Waals surface area contributed by atoms with E-state index in [9.17, 15) is 24.3 Å². The van der Waals surface area contributed by atoms with Gasteiger partial charge in [-0.3, -0.25) is 19.2 Å². The number of aliphatic hydroxyl groups excluding tert-OH is 1. The van der Waals surface area contributed by atoms with E-state index in [0.29, 0.717) is 55.8 Å². The zero-order chi connectivity index (χ0) is 35.8. The first kappa shape index (κ1) is 33.8. The van der Waals surface area contributed by atoms with Gasteiger partial charge < -0.3 is 34.2 Å². The van der Waals surface area contributed by atoms with Crippen LogP contribution in [0.3, 0.4) is 0 Å². The highest BCUT2D eigenvalue weighted by Crippen LogP contribution is 2.60. The van der Waals surface area contributed by atoms with Crippen molar-refractivity contribution < 1.29 is 33.8 Å². The molecule has 3 saturated heterocycles. The molecule has 1 spiro atoms. The number of rotatable bonds is 8. The Morgan fingerprint density at radius 1 is 0.922 bits per heavy atom. The standard InChI is InChI=1S/C39H44N4O7Si/c1-24-37(51(2,3)49)33(20-36(47)42-22-27-9-5-4-8-26(27)18-30(42)23-44)50-39(24)31-19-29(41-16-14-35(41)46)11-12-32(31)43(38(39)48)21-25-7-6-10-28(17-25)40-15-13-34(40)45/h4-12,17,19,24,30,33,37,44,49H,13-16,18,20-23H2,1-3H3/t24-,30+,33+,37-,39+/m1/s1. The molecule has 3 aromatic rings. The van der Waals surface area contributed by atoms with Crippen LogP contribution in [0.1, 0.15) is 48.4 Å². The molecule has 5 atom stereocenters. The Morgan fingerprint density at radius 2 is 1.61 bits per heavy atom. The molecular formula is C39H44N4O7Si. The lowest BCUT2D eigenvalue weighted by Crippen LogP contribution is -2.48. The number of anilines is 3. The van der Waals surface area contributed by atoms with E-state index >= 15 is 4.79 Å². The number of carbonyl (C=O) groups excluding carboxylic acids is 4. The minimum absolute atomic E-state index is 0.00900. The third-order valence-corrected chi connectivity index (χ3v) is 14.3. The van der Waals surface area contributed by atoms with Gasteiger partial charge in [-0.25, -0.2) is 0 Å². The van der Waals surface area contributed by atoms with Gasteiger partial charge in [0, 0.05) is 60.9 Å². The molecule has 11 nitrogen and oxygen atoms in total. The van der Waals surface area contributed by atoms with Crippen LogP contribution in [0.4, 0.5) is 17.1 Å². The molecule has 0 bridgehead atoms. The van der Waals surface area contributed by atoms with Crippen LogP contribution in [-0.4, -0.2) is 78.6 Å². The van der Waals surface area contributed by atoms with Crippen molar-refractivity contribution in [1.82, 2.24) is 4.90 Å². The number of ether oxygens (including phenoxy) is 1. The maximum atomic E-state index is 15.1. The zero-order valence-electron chi connectivity index (χ0n) is 29.2. The van der Waals surface area contributed by atoms with Crippen molar-refractivity contribution in [3.05, 3.63) is 89.0 Å². The number of β-lactam (4-membered cyclic amide) rings is 2. The SMILES string of the molecule is C[C@@H]1[C@@H]([Si](C)(C)O)[C@H](CC(=O)N2Cc3ccccc3C[C@H]2CO)O[C@@]12C(=O)N(Cc1cccc(N3CCC3=O)c1)c1ccc(N3CCC3=O)cc12. The molecule has 5 aliphatic heterocycles. The highest BCUT2D eigenvalue weighted by Gasteiger charge is 2.66. The molecule has 3 fully saturated rings. The van der Waals surface area contributed by atoms with Crippen LogP contribution in [0.15, 0.2) is 66.7 Å². The van der Waals surface area contributed by atoms with Crippen LogP contribution < -0.4 is 14.7 Å². The lowest BCUT2D eigenvalue weighted by molar-refractivity contribution is -0.151. The third kappa shape index (κ3) is 5.42. The largest absolute Gasteiger partial charge is 0.432 e. The molecule has 12 heteroatoms. The summed E-state index contributed by atoms with van der Waals surface area (Å²) in [4.78, 5) is 72.7. The van der Waals surface area contributed by atoms with Gasteiger partial charge in [-0.1, -0.05) is 43.3 Å². The summed E-state index contributed by atoms with van der Waals surface area (Å²) in [6, 6.07) is 20.8. The number of aliphatic hydroxyl groups is 1. The molecule has 3 aromatic carbocycles. The quantitative estimate of drug-likeness (QED) is 0.269. The van der Waals surface area contributed by atoms with Gasteiger partial charge in [0.25, 0.3) is 5.91 Å². The monoisotopic (exact) mass is 708 g/mol. The molecule has 266 valence electrons. The van der Waals surface area contributed by atoms with E-state index < -0.39 is 31.5 Å². The molecule has 5 heterocycles. The number of benzene rings is 3. The van der Waals surface area contributed by atoms with Gasteiger partial charge in [0.1, 0.15) is 0 Å². The maximum Gasteiger partial charge on any atom is 0.264 e. The van der Waals surface area contributed by atoms with Crippen molar-refractivity contribution >= 4 is 49.0 Å². The van der Waals surface area contributed by atoms with E-state index in [1.165, 1.54) is 0 Å². The summed E-state index contributed by atoms with van der Waals surface area (Å²) in [5.74, 6) is -0.894. The predicted octanol–water partition coefficient (Wildman–Crippen LogP) is 3.84. The Kier molecular flexibility index (Phi) is 8.21. The topological polar surface area (TPSA) is 131 Å². The predicted molar refractivity (Wildman–Crippen MR) is 193 cm³/mol. The molecule has 0 saturated carbocycles. The highest BCUT2D eigenvalue weighted by atomic mass is 28.4. The summed E-state index contributed by atoms with van der Waals surface area (Å²) >= 11 is 0. The van der Waals surface area contributed by atoms with E-state index in [1.807, 2.05) is 86.7 Å². The van der Waals surface area contributed by atoms with Gasteiger partial charge in [-0.15, -0.1) is 0 Å². The van der Waals surface area contributed by atoms with Crippen molar-refractivity contribution in [2.24, 2.45) is 5.92 Å². The first-order valence-electron chi connectivity index (χ1n) is 17.9. The highest BCUT2D eigenvalue weighted by molar-refractivity contribution is 6.71. The Hall–Kier alpha value is -4.36. The number of nitrogens with zero attached hydrogens (tertiary/aromatic N) is 4. The molecule has 0 aliphatic carbocycles. The fourth-order valence-electron chi connectivity index (χ4n) is 9.10. The van der Waals surface area contributed by atoms with Crippen molar-refractivity contribution in [2.45, 2.75) is 82.1 Å². The molecule has 4 amide bonds. The summed E-state index contributed by atoms with van der Waals surface area (Å²) in [5.41, 5.74) is 3.77. The van der Waals surface area contributed by atoms with Gasteiger partial charge in [-0.05, 0) is 66.5 Å². The average molecular weight is 709 g/mol. The van der Waals surface area contributed by atoms with Gasteiger partial charge in [-0.2, -0.15) is 0 Å². The van der Waals surface area contributed by atoms with Crippen LogP contribution in [-0.2, 0) is 49.0 Å². The molecular weight excluding hydrogens is 665 g/mol. The van der Waals surface area contributed by atoms with Gasteiger partial charge in [0.15, 0.2) is 13.9 Å². The smallest absolute Gasteiger partial charge is 0.264 e. The van der Waals surface area contributed by atoms with Gasteiger partial charge in [0.05, 0.1) is 37.4 Å². The summed E-state index contributed by atoms with van der Waals surface area (Å²) in [6.07, 6.45) is 0.707. The van der Waals surface area contributed by atoms with Crippen molar-refractivity contribution in [2.75, 3.05) is 34.4 Å². The Bertz CT molecular complexity index is 1950. The van der Waals surface area contributed by atoms with Crippen LogP contribution in [0, 0.1) is 5.92 Å². The van der Waals surface area contributed by atoms with E-state index in [1.54, 1.807) is 19.6 Å². The maximum absolute atomic E-state index is 15.1. The molecule has 0 unspecified atom stereocenters. The number of hydrogen-bond acceptors (Lipinski definition) is 7. The molecule has 2 N–H and O–H groups in total. The van der Waals surface area contributed by atoms with Crippen molar-refractivity contribution in [3.8, 4) is 0 Å². The fourth-order valence-corrected chi connectivity index (χ4v) is 11.7. The third-order valence-electron chi connectivity index (χ3n) is 11.8. The number of amides is 4. The Balaban J connectivity index is 1.16. The molecule has 0 radical (unpaired) electrons. The van der Waals surface area contributed by atoms with E-state index in [4.69, 9.17) is 4.74 Å². The zero-order valence-corrected chi connectivity index (χ0v) is 30.2. The summed E-state index contributed by atoms with van der Waals surface area (Å²) in [6.45, 7) is 7.25. The summed E-state index contributed by atoms with van der Waals surface area (Å²) in [5, 5.41) is 10.3. The van der Waals surface area contributed by atoms with E-state index in [-0.39, 0.29) is 49.2 Å². The normalized spacial score (nSPS) is 27.1. The van der Waals surface area contributed by atoms with Crippen molar-refractivity contribution in [1.29, 1.82) is 0 Å².